The van der Waals surface area contributed by atoms with Gasteiger partial charge in [0.2, 0.25) is 0 Å². The zero-order valence-electron chi connectivity index (χ0n) is 15.8. The molecule has 3 aromatic carbocycles. The number of aromatic carboxylic acids is 1. The van der Waals surface area contributed by atoms with Gasteiger partial charge in [0.25, 0.3) is 11.8 Å². The third kappa shape index (κ3) is 3.25. The van der Waals surface area contributed by atoms with Crippen molar-refractivity contribution in [3.05, 3.63) is 88.5 Å². The molecule has 4 rings (SSSR count). The molecule has 0 fully saturated rings. The van der Waals surface area contributed by atoms with E-state index in [0.717, 1.165) is 10.5 Å². The van der Waals surface area contributed by atoms with Crippen molar-refractivity contribution >= 4 is 23.5 Å². The van der Waals surface area contributed by atoms with Crippen molar-refractivity contribution in [1.29, 1.82) is 0 Å². The lowest BCUT2D eigenvalue weighted by Gasteiger charge is -2.15. The number of nitrogens with zero attached hydrogens (tertiary/aromatic N) is 1. The Bertz CT molecular complexity index is 1160. The first kappa shape index (κ1) is 18.4. The number of hydrogen-bond acceptors (Lipinski definition) is 5. The van der Waals surface area contributed by atoms with E-state index in [1.54, 1.807) is 24.3 Å². The minimum Gasteiger partial charge on any atom is -0.545 e. The molecule has 0 saturated heterocycles. The molecule has 1 aliphatic heterocycles. The first-order valence-electron chi connectivity index (χ1n) is 8.94. The lowest BCUT2D eigenvalue weighted by atomic mass is 10.1. The Hall–Kier alpha value is -3.93. The third-order valence-corrected chi connectivity index (χ3v) is 4.93. The van der Waals surface area contributed by atoms with Gasteiger partial charge in [-0.15, -0.1) is 0 Å². The quantitative estimate of drug-likeness (QED) is 0.643. The van der Waals surface area contributed by atoms with Crippen LogP contribution in [-0.2, 0) is 0 Å². The van der Waals surface area contributed by atoms with E-state index in [2.05, 4.69) is 0 Å². The fourth-order valence-corrected chi connectivity index (χ4v) is 3.18. The fourth-order valence-electron chi connectivity index (χ4n) is 3.18. The smallest absolute Gasteiger partial charge is 0.266 e. The molecule has 0 aliphatic carbocycles. The SMILES string of the molecule is Cc1ccc(Oc2ccc(N3C(=O)c4ccc(C(=O)[O-])cc4C3=O)cc2)cc1C. The Labute approximate surface area is 167 Å². The number of amides is 2. The summed E-state index contributed by atoms with van der Waals surface area (Å²) in [5.41, 5.74) is 2.71. The van der Waals surface area contributed by atoms with Crippen molar-refractivity contribution < 1.29 is 24.2 Å². The van der Waals surface area contributed by atoms with Crippen molar-refractivity contribution in [2.24, 2.45) is 0 Å². The van der Waals surface area contributed by atoms with Gasteiger partial charge in [-0.1, -0.05) is 12.1 Å². The highest BCUT2D eigenvalue weighted by Gasteiger charge is 2.36. The maximum Gasteiger partial charge on any atom is 0.266 e. The van der Waals surface area contributed by atoms with Crippen molar-refractivity contribution in [3.63, 3.8) is 0 Å². The number of ether oxygens (including phenoxy) is 1. The van der Waals surface area contributed by atoms with Gasteiger partial charge in [-0.25, -0.2) is 4.90 Å². The maximum atomic E-state index is 12.7. The van der Waals surface area contributed by atoms with E-state index in [1.165, 1.54) is 23.8 Å². The number of anilines is 1. The number of carboxylic acid groups (broad SMARTS) is 1. The van der Waals surface area contributed by atoms with Crippen LogP contribution < -0.4 is 14.7 Å². The minimum absolute atomic E-state index is 0.0483. The first-order valence-corrected chi connectivity index (χ1v) is 8.94. The topological polar surface area (TPSA) is 86.7 Å². The molecule has 1 aliphatic rings. The molecule has 6 nitrogen and oxygen atoms in total. The predicted octanol–water partition coefficient (Wildman–Crippen LogP) is 3.26. The maximum absolute atomic E-state index is 12.7. The normalized spacial score (nSPS) is 12.8. The van der Waals surface area contributed by atoms with Crippen LogP contribution in [-0.4, -0.2) is 17.8 Å². The molecule has 6 heteroatoms. The number of imide groups is 1. The average molecular weight is 386 g/mol. The van der Waals surface area contributed by atoms with E-state index in [-0.39, 0.29) is 16.7 Å². The van der Waals surface area contributed by atoms with Gasteiger partial charge in [0.15, 0.2) is 0 Å². The van der Waals surface area contributed by atoms with Crippen LogP contribution in [0.2, 0.25) is 0 Å². The summed E-state index contributed by atoms with van der Waals surface area (Å²) in [6.45, 7) is 4.02. The molecule has 0 saturated carbocycles. The van der Waals surface area contributed by atoms with Gasteiger partial charge in [-0.2, -0.15) is 0 Å². The molecule has 0 radical (unpaired) electrons. The van der Waals surface area contributed by atoms with Gasteiger partial charge in [0, 0.05) is 0 Å². The number of aryl methyl sites for hydroxylation is 2. The number of benzene rings is 3. The van der Waals surface area contributed by atoms with Crippen LogP contribution in [0.4, 0.5) is 5.69 Å². The van der Waals surface area contributed by atoms with Crippen molar-refractivity contribution in [2.45, 2.75) is 13.8 Å². The molecule has 0 aromatic heterocycles. The number of rotatable bonds is 4. The second kappa shape index (κ2) is 6.91. The summed E-state index contributed by atoms with van der Waals surface area (Å²) in [5, 5.41) is 11.0. The molecular formula is C23H16NO5-. The lowest BCUT2D eigenvalue weighted by molar-refractivity contribution is -0.255. The molecule has 0 spiro atoms. The minimum atomic E-state index is -1.40. The summed E-state index contributed by atoms with van der Waals surface area (Å²) in [6, 6.07) is 16.1. The largest absolute Gasteiger partial charge is 0.545 e. The highest BCUT2D eigenvalue weighted by atomic mass is 16.5. The highest BCUT2D eigenvalue weighted by molar-refractivity contribution is 6.34. The van der Waals surface area contributed by atoms with Crippen LogP contribution in [0.3, 0.4) is 0 Å². The fraction of sp³-hybridized carbons (Fsp3) is 0.0870. The molecule has 29 heavy (non-hydrogen) atoms. The zero-order valence-corrected chi connectivity index (χ0v) is 15.8. The van der Waals surface area contributed by atoms with E-state index in [9.17, 15) is 19.5 Å². The van der Waals surface area contributed by atoms with E-state index < -0.39 is 17.8 Å². The van der Waals surface area contributed by atoms with Gasteiger partial charge in [0.05, 0.1) is 22.8 Å². The molecule has 0 unspecified atom stereocenters. The summed E-state index contributed by atoms with van der Waals surface area (Å²) in [7, 11) is 0. The summed E-state index contributed by atoms with van der Waals surface area (Å²) in [6.07, 6.45) is 0. The van der Waals surface area contributed by atoms with Crippen LogP contribution in [0.1, 0.15) is 42.2 Å². The van der Waals surface area contributed by atoms with Gasteiger partial charge in [-0.05, 0) is 79.1 Å². The lowest BCUT2D eigenvalue weighted by Crippen LogP contribution is -2.29. The van der Waals surface area contributed by atoms with E-state index >= 15 is 0 Å². The molecule has 0 atom stereocenters. The second-order valence-corrected chi connectivity index (χ2v) is 6.84. The summed E-state index contributed by atoms with van der Waals surface area (Å²) in [4.78, 5) is 37.4. The zero-order chi connectivity index (χ0) is 20.7. The number of hydrogen-bond donors (Lipinski definition) is 0. The Balaban J connectivity index is 1.59. The summed E-state index contributed by atoms with van der Waals surface area (Å²) >= 11 is 0. The Kier molecular flexibility index (Phi) is 4.39. The molecule has 3 aromatic rings. The Morgan fingerprint density at radius 3 is 2.10 bits per heavy atom. The molecule has 0 N–H and O–H groups in total. The number of carbonyl (C=O) groups is 3. The number of carbonyl (C=O) groups excluding carboxylic acids is 3. The Morgan fingerprint density at radius 1 is 0.793 bits per heavy atom. The average Bonchev–Trinajstić information content (AvgIpc) is 2.95. The number of carboxylic acids is 1. The standard InChI is InChI=1S/C23H17NO5/c1-13-3-7-18(11-14(13)2)29-17-8-5-16(6-9-17)24-21(25)19-10-4-15(23(27)28)12-20(19)22(24)26/h3-12H,1-2H3,(H,27,28)/p-1. The van der Waals surface area contributed by atoms with Crippen molar-refractivity contribution in [3.8, 4) is 11.5 Å². The van der Waals surface area contributed by atoms with Crippen LogP contribution in [0, 0.1) is 13.8 Å². The van der Waals surface area contributed by atoms with Crippen LogP contribution >= 0.6 is 0 Å². The van der Waals surface area contributed by atoms with Gasteiger partial charge in [0.1, 0.15) is 11.5 Å². The summed E-state index contributed by atoms with van der Waals surface area (Å²) in [5.74, 6) is -1.22. The monoisotopic (exact) mass is 386 g/mol. The van der Waals surface area contributed by atoms with E-state index in [0.29, 0.717) is 17.2 Å². The third-order valence-electron chi connectivity index (χ3n) is 4.93. The van der Waals surface area contributed by atoms with Crippen molar-refractivity contribution in [1.82, 2.24) is 0 Å². The first-order chi connectivity index (χ1) is 13.8. The van der Waals surface area contributed by atoms with Crippen molar-refractivity contribution in [2.75, 3.05) is 4.90 Å². The predicted molar refractivity (Wildman–Crippen MR) is 104 cm³/mol. The van der Waals surface area contributed by atoms with Gasteiger partial charge >= 0.3 is 0 Å². The van der Waals surface area contributed by atoms with Crippen LogP contribution in [0.25, 0.3) is 0 Å². The van der Waals surface area contributed by atoms with Gasteiger partial charge < -0.3 is 14.6 Å². The Morgan fingerprint density at radius 2 is 1.45 bits per heavy atom. The molecule has 0 bridgehead atoms. The second-order valence-electron chi connectivity index (χ2n) is 6.84. The molecule has 2 amide bonds. The van der Waals surface area contributed by atoms with Crippen LogP contribution in [0.15, 0.2) is 60.7 Å². The van der Waals surface area contributed by atoms with Gasteiger partial charge in [-0.3, -0.25) is 9.59 Å². The highest BCUT2D eigenvalue weighted by Crippen LogP contribution is 2.31. The van der Waals surface area contributed by atoms with Crippen LogP contribution in [0.5, 0.6) is 11.5 Å². The van der Waals surface area contributed by atoms with E-state index in [1.807, 2.05) is 32.0 Å². The molecule has 144 valence electrons. The molecular weight excluding hydrogens is 370 g/mol. The molecule has 1 heterocycles. The van der Waals surface area contributed by atoms with E-state index in [4.69, 9.17) is 4.74 Å². The summed E-state index contributed by atoms with van der Waals surface area (Å²) < 4.78 is 5.83. The number of fused-ring (bicyclic) bond motifs is 1.